The van der Waals surface area contributed by atoms with Crippen LogP contribution in [0, 0.1) is 5.92 Å². The Kier molecular flexibility index (Phi) is 6.78. The zero-order valence-corrected chi connectivity index (χ0v) is 20.0. The van der Waals surface area contributed by atoms with Gasteiger partial charge in [0.1, 0.15) is 5.00 Å². The lowest BCUT2D eigenvalue weighted by molar-refractivity contribution is -0.119. The molecule has 0 radical (unpaired) electrons. The molecule has 9 nitrogen and oxygen atoms in total. The Labute approximate surface area is 199 Å². The zero-order valence-electron chi connectivity index (χ0n) is 19.2. The summed E-state index contributed by atoms with van der Waals surface area (Å²) < 4.78 is 11.5. The van der Waals surface area contributed by atoms with E-state index >= 15 is 0 Å². The summed E-state index contributed by atoms with van der Waals surface area (Å²) in [5.41, 5.74) is 0.916. The first kappa shape index (κ1) is 23.6. The number of aryl methyl sites for hydroxylation is 1. The molecule has 1 unspecified atom stereocenters. The second-order valence-corrected chi connectivity index (χ2v) is 9.33. The third kappa shape index (κ3) is 4.58. The van der Waals surface area contributed by atoms with Crippen molar-refractivity contribution >= 4 is 45.0 Å². The van der Waals surface area contributed by atoms with Gasteiger partial charge in [-0.05, 0) is 43.7 Å². The van der Waals surface area contributed by atoms with Gasteiger partial charge in [-0.3, -0.25) is 9.59 Å². The number of ether oxygens (including phenoxy) is 2. The molecule has 178 valence electrons. The maximum atomic E-state index is 12.7. The predicted molar refractivity (Wildman–Crippen MR) is 127 cm³/mol. The van der Waals surface area contributed by atoms with E-state index in [1.54, 1.807) is 31.2 Å². The van der Waals surface area contributed by atoms with Crippen molar-refractivity contribution in [2.45, 2.75) is 33.1 Å². The molecule has 2 heterocycles. The molecule has 0 bridgehead atoms. The number of hydrogen-bond donors (Lipinski definition) is 1. The van der Waals surface area contributed by atoms with Crippen molar-refractivity contribution in [2.24, 2.45) is 13.0 Å². The van der Waals surface area contributed by atoms with E-state index in [0.717, 1.165) is 34.4 Å². The molecule has 34 heavy (non-hydrogen) atoms. The second-order valence-electron chi connectivity index (χ2n) is 8.22. The average Bonchev–Trinajstić information content (AvgIpc) is 3.16. The molecule has 1 aliphatic carbocycles. The van der Waals surface area contributed by atoms with Crippen LogP contribution in [0.15, 0.2) is 29.1 Å². The van der Waals surface area contributed by atoms with E-state index in [2.05, 4.69) is 17.3 Å². The number of carbonyl (C=O) groups is 3. The Morgan fingerprint density at radius 2 is 1.91 bits per heavy atom. The summed E-state index contributed by atoms with van der Waals surface area (Å²) in [4.78, 5) is 51.2. The number of carbonyl (C=O) groups excluding carboxylic acids is 3. The zero-order chi connectivity index (χ0) is 24.4. The van der Waals surface area contributed by atoms with Gasteiger partial charge in [-0.2, -0.15) is 5.10 Å². The van der Waals surface area contributed by atoms with Crippen molar-refractivity contribution in [1.29, 1.82) is 0 Å². The number of nitrogens with zero attached hydrogens (tertiary/aromatic N) is 2. The molecule has 3 aromatic rings. The van der Waals surface area contributed by atoms with E-state index in [4.69, 9.17) is 9.47 Å². The first-order valence-electron chi connectivity index (χ1n) is 11.0. The Bertz CT molecular complexity index is 1340. The fourth-order valence-corrected chi connectivity index (χ4v) is 5.49. The molecule has 1 N–H and O–H groups in total. The molecule has 0 saturated carbocycles. The molecule has 4 rings (SSSR count). The highest BCUT2D eigenvalue weighted by Crippen LogP contribution is 2.40. The summed E-state index contributed by atoms with van der Waals surface area (Å²) in [5.74, 6) is -1.39. The first-order valence-corrected chi connectivity index (χ1v) is 11.9. The molecule has 2 aromatic heterocycles. The summed E-state index contributed by atoms with van der Waals surface area (Å²) in [6, 6.07) is 6.57. The van der Waals surface area contributed by atoms with Crippen molar-refractivity contribution in [2.75, 3.05) is 18.5 Å². The van der Waals surface area contributed by atoms with Crippen molar-refractivity contribution in [3.63, 3.8) is 0 Å². The lowest BCUT2D eigenvalue weighted by Gasteiger charge is -2.18. The Morgan fingerprint density at radius 1 is 1.18 bits per heavy atom. The first-order chi connectivity index (χ1) is 16.3. The lowest BCUT2D eigenvalue weighted by Crippen LogP contribution is -2.26. The van der Waals surface area contributed by atoms with Gasteiger partial charge >= 0.3 is 11.9 Å². The van der Waals surface area contributed by atoms with Gasteiger partial charge in [-0.15, -0.1) is 11.3 Å². The van der Waals surface area contributed by atoms with Crippen molar-refractivity contribution in [1.82, 2.24) is 9.78 Å². The molecule has 1 amide bonds. The van der Waals surface area contributed by atoms with E-state index in [0.29, 0.717) is 27.3 Å². The number of fused-ring (bicyclic) bond motifs is 2. The number of nitrogens with one attached hydrogen (secondary N) is 1. The number of benzene rings is 1. The SMILES string of the molecule is CCOC(=O)c1c(NC(=O)COC(=O)c2nn(C)c(=O)c3ccccc23)sc2c1CCC(C)C2. The van der Waals surface area contributed by atoms with E-state index in [1.807, 2.05) is 0 Å². The van der Waals surface area contributed by atoms with E-state index in [-0.39, 0.29) is 17.9 Å². The van der Waals surface area contributed by atoms with Crippen LogP contribution < -0.4 is 10.9 Å². The number of aromatic nitrogens is 2. The number of anilines is 1. The quantitative estimate of drug-likeness (QED) is 0.536. The van der Waals surface area contributed by atoms with E-state index < -0.39 is 24.5 Å². The van der Waals surface area contributed by atoms with Gasteiger partial charge in [-0.25, -0.2) is 14.3 Å². The van der Waals surface area contributed by atoms with Gasteiger partial charge in [0.25, 0.3) is 11.5 Å². The van der Waals surface area contributed by atoms with Crippen molar-refractivity contribution < 1.29 is 23.9 Å². The number of amides is 1. The minimum absolute atomic E-state index is 0.0571. The van der Waals surface area contributed by atoms with Crippen LogP contribution in [0.25, 0.3) is 10.8 Å². The van der Waals surface area contributed by atoms with E-state index in [1.165, 1.54) is 18.4 Å². The largest absolute Gasteiger partial charge is 0.462 e. The highest BCUT2D eigenvalue weighted by atomic mass is 32.1. The van der Waals surface area contributed by atoms with Crippen LogP contribution in [0.2, 0.25) is 0 Å². The Balaban J connectivity index is 1.52. The van der Waals surface area contributed by atoms with Gasteiger partial charge in [0.05, 0.1) is 17.6 Å². The Morgan fingerprint density at radius 3 is 2.65 bits per heavy atom. The average molecular weight is 484 g/mol. The molecule has 10 heteroatoms. The molecular formula is C24H25N3O6S. The van der Waals surface area contributed by atoms with Crippen LogP contribution in [0.4, 0.5) is 5.00 Å². The summed E-state index contributed by atoms with van der Waals surface area (Å²) in [5, 5.41) is 7.80. The minimum atomic E-state index is -0.827. The highest BCUT2D eigenvalue weighted by Gasteiger charge is 2.29. The molecule has 1 aromatic carbocycles. The smallest absolute Gasteiger partial charge is 0.359 e. The van der Waals surface area contributed by atoms with Gasteiger partial charge < -0.3 is 14.8 Å². The molecule has 0 saturated heterocycles. The van der Waals surface area contributed by atoms with Gasteiger partial charge in [0, 0.05) is 17.3 Å². The highest BCUT2D eigenvalue weighted by molar-refractivity contribution is 7.17. The molecule has 0 spiro atoms. The second kappa shape index (κ2) is 9.76. The number of esters is 2. The van der Waals surface area contributed by atoms with Crippen LogP contribution in [0.3, 0.4) is 0 Å². The molecule has 0 aliphatic heterocycles. The molecule has 1 aliphatic rings. The number of rotatable bonds is 6. The van der Waals surface area contributed by atoms with Crippen LogP contribution in [0.1, 0.15) is 51.6 Å². The van der Waals surface area contributed by atoms with Crippen molar-refractivity contribution in [3.05, 3.63) is 56.3 Å². The van der Waals surface area contributed by atoms with Crippen LogP contribution in [-0.2, 0) is 34.2 Å². The Hall–Kier alpha value is -3.53. The standard InChI is InChI=1S/C24H25N3O6S/c1-4-32-23(30)19-16-10-9-13(2)11-17(16)34-21(19)25-18(28)12-33-24(31)20-14-7-5-6-8-15(14)22(29)27(3)26-20/h5-8,13H,4,9-12H2,1-3H3,(H,25,28). The third-order valence-corrected chi connectivity index (χ3v) is 6.90. The predicted octanol–water partition coefficient (Wildman–Crippen LogP) is 3.09. The van der Waals surface area contributed by atoms with Crippen LogP contribution >= 0.6 is 11.3 Å². The molecular weight excluding hydrogens is 458 g/mol. The normalized spacial score (nSPS) is 15.0. The number of thiophene rings is 1. The summed E-state index contributed by atoms with van der Waals surface area (Å²) in [6.45, 7) is 3.54. The molecule has 0 fully saturated rings. The van der Waals surface area contributed by atoms with Crippen molar-refractivity contribution in [3.8, 4) is 0 Å². The summed E-state index contributed by atoms with van der Waals surface area (Å²) in [7, 11) is 1.44. The summed E-state index contributed by atoms with van der Waals surface area (Å²) >= 11 is 1.36. The third-order valence-electron chi connectivity index (χ3n) is 5.73. The van der Waals surface area contributed by atoms with Gasteiger partial charge in [0.2, 0.25) is 0 Å². The monoisotopic (exact) mass is 483 g/mol. The summed E-state index contributed by atoms with van der Waals surface area (Å²) in [6.07, 6.45) is 2.54. The maximum Gasteiger partial charge on any atom is 0.359 e. The fraction of sp³-hybridized carbons (Fsp3) is 0.375. The number of hydrogen-bond acceptors (Lipinski definition) is 8. The fourth-order valence-electron chi connectivity index (χ4n) is 4.07. The minimum Gasteiger partial charge on any atom is -0.462 e. The topological polar surface area (TPSA) is 117 Å². The van der Waals surface area contributed by atoms with Gasteiger partial charge in [0.15, 0.2) is 12.3 Å². The molecule has 1 atom stereocenters. The van der Waals surface area contributed by atoms with Crippen LogP contribution in [-0.4, -0.2) is 40.8 Å². The lowest BCUT2D eigenvalue weighted by atomic mass is 9.88. The van der Waals surface area contributed by atoms with Gasteiger partial charge in [-0.1, -0.05) is 25.1 Å². The van der Waals surface area contributed by atoms with E-state index in [9.17, 15) is 19.2 Å². The van der Waals surface area contributed by atoms with Crippen LogP contribution in [0.5, 0.6) is 0 Å². The maximum absolute atomic E-state index is 12.7.